The first-order valence-corrected chi connectivity index (χ1v) is 8.24. The third-order valence-corrected chi connectivity index (χ3v) is 4.06. The molecule has 2 aromatic carbocycles. The van der Waals surface area contributed by atoms with Crippen LogP contribution in [0, 0.1) is 0 Å². The number of Topliss-reactive ketones (excluding diaryl/α,β-unsaturated/α-hetero) is 1. The molecule has 2 aromatic rings. The maximum Gasteiger partial charge on any atom is 0.408 e. The Morgan fingerprint density at radius 2 is 1.68 bits per heavy atom. The Hall–Kier alpha value is -2.67. The number of ether oxygens (including phenoxy) is 1. The average Bonchev–Trinajstić information content (AvgIpc) is 2.60. The van der Waals surface area contributed by atoms with E-state index in [0.29, 0.717) is 10.0 Å². The van der Waals surface area contributed by atoms with E-state index in [-0.39, 0.29) is 13.0 Å². The summed E-state index contributed by atoms with van der Waals surface area (Å²) >= 11 is 3.25. The molecular formula is C18H16BrNO5. The summed E-state index contributed by atoms with van der Waals surface area (Å²) in [6.07, 6.45) is -1.27. The molecule has 130 valence electrons. The highest BCUT2D eigenvalue weighted by Crippen LogP contribution is 2.18. The summed E-state index contributed by atoms with van der Waals surface area (Å²) in [5.74, 6) is -1.71. The Morgan fingerprint density at radius 1 is 1.04 bits per heavy atom. The summed E-state index contributed by atoms with van der Waals surface area (Å²) in [6.45, 7) is 0.0111. The molecule has 7 heteroatoms. The number of amides is 1. The molecule has 0 fully saturated rings. The third-order valence-electron chi connectivity index (χ3n) is 3.37. The van der Waals surface area contributed by atoms with Gasteiger partial charge < -0.3 is 15.2 Å². The number of hydrogen-bond acceptors (Lipinski definition) is 4. The summed E-state index contributed by atoms with van der Waals surface area (Å²) in [4.78, 5) is 35.4. The zero-order chi connectivity index (χ0) is 18.2. The minimum atomic E-state index is -1.37. The fourth-order valence-electron chi connectivity index (χ4n) is 2.09. The summed E-state index contributed by atoms with van der Waals surface area (Å²) in [5, 5.41) is 11.4. The topological polar surface area (TPSA) is 92.7 Å². The van der Waals surface area contributed by atoms with E-state index in [1.54, 1.807) is 48.5 Å². The smallest absolute Gasteiger partial charge is 0.408 e. The van der Waals surface area contributed by atoms with Gasteiger partial charge in [0.1, 0.15) is 12.6 Å². The lowest BCUT2D eigenvalue weighted by Crippen LogP contribution is -2.42. The van der Waals surface area contributed by atoms with E-state index >= 15 is 0 Å². The van der Waals surface area contributed by atoms with E-state index in [1.165, 1.54) is 0 Å². The van der Waals surface area contributed by atoms with Crippen LogP contribution in [0.25, 0.3) is 0 Å². The molecule has 0 heterocycles. The van der Waals surface area contributed by atoms with Gasteiger partial charge in [-0.15, -0.1) is 0 Å². The summed E-state index contributed by atoms with van der Waals surface area (Å²) < 4.78 is 5.55. The molecule has 0 radical (unpaired) electrons. The van der Waals surface area contributed by atoms with Crippen molar-refractivity contribution >= 4 is 33.8 Å². The first-order valence-electron chi connectivity index (χ1n) is 7.45. The molecular weight excluding hydrogens is 390 g/mol. The molecule has 0 spiro atoms. The highest BCUT2D eigenvalue weighted by Gasteiger charge is 2.25. The van der Waals surface area contributed by atoms with Gasteiger partial charge in [0, 0.05) is 16.5 Å². The molecule has 0 aliphatic rings. The van der Waals surface area contributed by atoms with Gasteiger partial charge in [-0.2, -0.15) is 0 Å². The first-order chi connectivity index (χ1) is 12.0. The number of nitrogens with one attached hydrogen (secondary N) is 1. The first kappa shape index (κ1) is 18.7. The molecule has 0 saturated carbocycles. The van der Waals surface area contributed by atoms with Crippen molar-refractivity contribution in [1.29, 1.82) is 0 Å². The van der Waals surface area contributed by atoms with E-state index in [1.807, 2.05) is 6.07 Å². The van der Waals surface area contributed by atoms with Gasteiger partial charge in [-0.05, 0) is 11.6 Å². The maximum absolute atomic E-state index is 12.3. The number of rotatable bonds is 7. The standard InChI is InChI=1S/C18H16BrNO5/c19-14-9-5-4-8-13(14)16(21)10-15(17(22)23)20-18(24)25-11-12-6-2-1-3-7-12/h1-9,15H,10-11H2,(H,20,24)(H,22,23). The van der Waals surface area contributed by atoms with Crippen molar-refractivity contribution in [3.8, 4) is 0 Å². The number of halogens is 1. The van der Waals surface area contributed by atoms with Crippen molar-refractivity contribution in [2.45, 2.75) is 19.1 Å². The lowest BCUT2D eigenvalue weighted by molar-refractivity contribution is -0.139. The molecule has 2 rings (SSSR count). The SMILES string of the molecule is O=C(NC(CC(=O)c1ccccc1Br)C(=O)O)OCc1ccccc1. The number of aliphatic carboxylic acids is 1. The van der Waals surface area contributed by atoms with Crippen LogP contribution in [-0.2, 0) is 16.1 Å². The van der Waals surface area contributed by atoms with Gasteiger partial charge in [0.25, 0.3) is 0 Å². The molecule has 0 aliphatic heterocycles. The maximum atomic E-state index is 12.3. The number of ketones is 1. The van der Waals surface area contributed by atoms with Crippen molar-refractivity contribution in [2.24, 2.45) is 0 Å². The lowest BCUT2D eigenvalue weighted by Gasteiger charge is -2.14. The van der Waals surface area contributed by atoms with E-state index in [4.69, 9.17) is 4.74 Å². The number of carbonyl (C=O) groups is 3. The molecule has 1 atom stereocenters. The van der Waals surface area contributed by atoms with Crippen LogP contribution in [0.5, 0.6) is 0 Å². The van der Waals surface area contributed by atoms with Gasteiger partial charge in [0.2, 0.25) is 0 Å². The molecule has 2 N–H and O–H groups in total. The van der Waals surface area contributed by atoms with Crippen molar-refractivity contribution < 1.29 is 24.2 Å². The minimum absolute atomic E-state index is 0.0111. The molecule has 0 bridgehead atoms. The summed E-state index contributed by atoms with van der Waals surface area (Å²) in [5.41, 5.74) is 1.13. The molecule has 0 aromatic heterocycles. The minimum Gasteiger partial charge on any atom is -0.480 e. The number of carboxylic acids is 1. The highest BCUT2D eigenvalue weighted by atomic mass is 79.9. The number of alkyl carbamates (subject to hydrolysis) is 1. The predicted molar refractivity (Wildman–Crippen MR) is 94.3 cm³/mol. The molecule has 0 saturated heterocycles. The van der Waals surface area contributed by atoms with Crippen LogP contribution in [0.2, 0.25) is 0 Å². The van der Waals surface area contributed by atoms with Crippen LogP contribution < -0.4 is 5.32 Å². The normalized spacial score (nSPS) is 11.4. The average molecular weight is 406 g/mol. The van der Waals surface area contributed by atoms with Gasteiger partial charge in [-0.3, -0.25) is 4.79 Å². The molecule has 25 heavy (non-hydrogen) atoms. The van der Waals surface area contributed by atoms with Crippen LogP contribution in [0.15, 0.2) is 59.1 Å². The van der Waals surface area contributed by atoms with Crippen LogP contribution >= 0.6 is 15.9 Å². The summed E-state index contributed by atoms with van der Waals surface area (Å²) in [6, 6.07) is 14.3. The quantitative estimate of drug-likeness (QED) is 0.688. The molecule has 6 nitrogen and oxygen atoms in total. The Balaban J connectivity index is 1.94. The van der Waals surface area contributed by atoms with Crippen LogP contribution in [0.3, 0.4) is 0 Å². The van der Waals surface area contributed by atoms with Crippen molar-refractivity contribution in [2.75, 3.05) is 0 Å². The summed E-state index contributed by atoms with van der Waals surface area (Å²) in [7, 11) is 0. The zero-order valence-corrected chi connectivity index (χ0v) is 14.7. The third kappa shape index (κ3) is 5.72. The van der Waals surface area contributed by atoms with Gasteiger partial charge in [0.05, 0.1) is 0 Å². The highest BCUT2D eigenvalue weighted by molar-refractivity contribution is 9.10. The second-order valence-electron chi connectivity index (χ2n) is 5.20. The Morgan fingerprint density at radius 3 is 2.32 bits per heavy atom. The molecule has 1 amide bonds. The van der Waals surface area contributed by atoms with Gasteiger partial charge in [0.15, 0.2) is 5.78 Å². The second kappa shape index (κ2) is 8.98. The Labute approximate surface area is 152 Å². The van der Waals surface area contributed by atoms with E-state index in [9.17, 15) is 19.5 Å². The van der Waals surface area contributed by atoms with Crippen LogP contribution in [-0.4, -0.2) is 29.0 Å². The monoisotopic (exact) mass is 405 g/mol. The number of hydrogen-bond donors (Lipinski definition) is 2. The van der Waals surface area contributed by atoms with Crippen LogP contribution in [0.4, 0.5) is 4.79 Å². The number of benzene rings is 2. The van der Waals surface area contributed by atoms with E-state index in [2.05, 4.69) is 21.2 Å². The second-order valence-corrected chi connectivity index (χ2v) is 6.06. The van der Waals surface area contributed by atoms with Crippen molar-refractivity contribution in [1.82, 2.24) is 5.32 Å². The number of carboxylic acid groups (broad SMARTS) is 1. The van der Waals surface area contributed by atoms with Gasteiger partial charge in [-0.1, -0.05) is 64.5 Å². The molecule has 0 aliphatic carbocycles. The van der Waals surface area contributed by atoms with Crippen molar-refractivity contribution in [3.05, 3.63) is 70.2 Å². The van der Waals surface area contributed by atoms with Crippen LogP contribution in [0.1, 0.15) is 22.3 Å². The largest absolute Gasteiger partial charge is 0.480 e. The van der Waals surface area contributed by atoms with Gasteiger partial charge >= 0.3 is 12.1 Å². The van der Waals surface area contributed by atoms with E-state index in [0.717, 1.165) is 5.56 Å². The Kier molecular flexibility index (Phi) is 6.71. The lowest BCUT2D eigenvalue weighted by atomic mass is 10.0. The van der Waals surface area contributed by atoms with E-state index < -0.39 is 23.9 Å². The molecule has 1 unspecified atom stereocenters. The zero-order valence-electron chi connectivity index (χ0n) is 13.1. The Bertz CT molecular complexity index is 763. The fourth-order valence-corrected chi connectivity index (χ4v) is 2.60. The predicted octanol–water partition coefficient (Wildman–Crippen LogP) is 3.40. The van der Waals surface area contributed by atoms with Crippen molar-refractivity contribution in [3.63, 3.8) is 0 Å². The van der Waals surface area contributed by atoms with Gasteiger partial charge in [-0.25, -0.2) is 9.59 Å². The fraction of sp³-hybridized carbons (Fsp3) is 0.167. The number of carbonyl (C=O) groups excluding carboxylic acids is 2.